The van der Waals surface area contributed by atoms with Gasteiger partial charge in [0.2, 0.25) is 0 Å². The summed E-state index contributed by atoms with van der Waals surface area (Å²) in [6.45, 7) is 2.35. The van der Waals surface area contributed by atoms with Crippen LogP contribution >= 0.6 is 0 Å². The smallest absolute Gasteiger partial charge is 0.307 e. The van der Waals surface area contributed by atoms with E-state index in [1.165, 1.54) is 0 Å². The predicted octanol–water partition coefficient (Wildman–Crippen LogP) is 3.50. The summed E-state index contributed by atoms with van der Waals surface area (Å²) in [4.78, 5) is 10.9. The van der Waals surface area contributed by atoms with E-state index in [-0.39, 0.29) is 6.42 Å². The number of carbonyl (C=O) groups is 1. The van der Waals surface area contributed by atoms with Gasteiger partial charge >= 0.3 is 5.97 Å². The van der Waals surface area contributed by atoms with Gasteiger partial charge in [-0.2, -0.15) is 0 Å². The SMILES string of the molecule is CCOc1ccc(Oc2ccccc2)cc1CC(=O)O. The summed E-state index contributed by atoms with van der Waals surface area (Å²) in [5.74, 6) is 0.979. The molecule has 0 aliphatic heterocycles. The van der Waals surface area contributed by atoms with Crippen molar-refractivity contribution in [2.24, 2.45) is 0 Å². The topological polar surface area (TPSA) is 55.8 Å². The second-order valence-electron chi connectivity index (χ2n) is 4.19. The molecule has 0 fully saturated rings. The minimum atomic E-state index is -0.900. The summed E-state index contributed by atoms with van der Waals surface area (Å²) in [7, 11) is 0. The molecule has 0 amide bonds. The first-order valence-corrected chi connectivity index (χ1v) is 6.39. The van der Waals surface area contributed by atoms with Crippen LogP contribution in [-0.2, 0) is 11.2 Å². The monoisotopic (exact) mass is 272 g/mol. The van der Waals surface area contributed by atoms with Crippen molar-refractivity contribution >= 4 is 5.97 Å². The van der Waals surface area contributed by atoms with Crippen LogP contribution in [0.1, 0.15) is 12.5 Å². The third-order valence-corrected chi connectivity index (χ3v) is 2.65. The van der Waals surface area contributed by atoms with Crippen molar-refractivity contribution in [3.63, 3.8) is 0 Å². The van der Waals surface area contributed by atoms with E-state index in [1.807, 2.05) is 37.3 Å². The number of para-hydroxylation sites is 1. The predicted molar refractivity (Wildman–Crippen MR) is 75.5 cm³/mol. The number of ether oxygens (including phenoxy) is 2. The first-order valence-electron chi connectivity index (χ1n) is 6.39. The summed E-state index contributed by atoms with van der Waals surface area (Å²) in [6.07, 6.45) is -0.0959. The van der Waals surface area contributed by atoms with Crippen LogP contribution in [0.3, 0.4) is 0 Å². The molecule has 1 N–H and O–H groups in total. The Balaban J connectivity index is 2.24. The van der Waals surface area contributed by atoms with Gasteiger partial charge in [-0.25, -0.2) is 0 Å². The molecule has 0 saturated heterocycles. The van der Waals surface area contributed by atoms with Crippen molar-refractivity contribution in [1.82, 2.24) is 0 Å². The highest BCUT2D eigenvalue weighted by Gasteiger charge is 2.10. The molecule has 0 spiro atoms. The second kappa shape index (κ2) is 6.61. The molecule has 0 bridgehead atoms. The quantitative estimate of drug-likeness (QED) is 0.874. The van der Waals surface area contributed by atoms with E-state index in [0.717, 1.165) is 0 Å². The number of benzene rings is 2. The highest BCUT2D eigenvalue weighted by molar-refractivity contribution is 5.71. The minimum Gasteiger partial charge on any atom is -0.494 e. The lowest BCUT2D eigenvalue weighted by atomic mass is 10.1. The van der Waals surface area contributed by atoms with Gasteiger partial charge in [0.05, 0.1) is 13.0 Å². The average molecular weight is 272 g/mol. The summed E-state index contributed by atoms with van der Waals surface area (Å²) in [6, 6.07) is 14.5. The van der Waals surface area contributed by atoms with Crippen LogP contribution in [0.5, 0.6) is 17.2 Å². The summed E-state index contributed by atoms with van der Waals surface area (Å²) < 4.78 is 11.1. The Morgan fingerprint density at radius 1 is 1.10 bits per heavy atom. The zero-order valence-corrected chi connectivity index (χ0v) is 11.2. The molecule has 0 aromatic heterocycles. The molecule has 0 radical (unpaired) electrons. The van der Waals surface area contributed by atoms with E-state index in [1.54, 1.807) is 18.2 Å². The molecule has 0 unspecified atom stereocenters. The van der Waals surface area contributed by atoms with Crippen molar-refractivity contribution in [2.75, 3.05) is 6.61 Å². The van der Waals surface area contributed by atoms with Crippen molar-refractivity contribution in [1.29, 1.82) is 0 Å². The van der Waals surface area contributed by atoms with Gasteiger partial charge in [0.25, 0.3) is 0 Å². The van der Waals surface area contributed by atoms with E-state index >= 15 is 0 Å². The molecule has 2 aromatic rings. The van der Waals surface area contributed by atoms with Crippen LogP contribution in [0.4, 0.5) is 0 Å². The largest absolute Gasteiger partial charge is 0.494 e. The number of rotatable bonds is 6. The Morgan fingerprint density at radius 2 is 1.85 bits per heavy atom. The first kappa shape index (κ1) is 13.9. The van der Waals surface area contributed by atoms with Gasteiger partial charge in [0, 0.05) is 5.56 Å². The fourth-order valence-electron chi connectivity index (χ4n) is 1.84. The van der Waals surface area contributed by atoms with Gasteiger partial charge in [0.15, 0.2) is 0 Å². The molecule has 20 heavy (non-hydrogen) atoms. The lowest BCUT2D eigenvalue weighted by molar-refractivity contribution is -0.136. The number of carboxylic acids is 1. The number of carboxylic acid groups (broad SMARTS) is 1. The highest BCUT2D eigenvalue weighted by Crippen LogP contribution is 2.28. The Hall–Kier alpha value is -2.49. The maximum absolute atomic E-state index is 10.9. The average Bonchev–Trinajstić information content (AvgIpc) is 2.42. The third-order valence-electron chi connectivity index (χ3n) is 2.65. The van der Waals surface area contributed by atoms with Crippen molar-refractivity contribution in [3.8, 4) is 17.2 Å². The zero-order valence-electron chi connectivity index (χ0n) is 11.2. The Bertz CT molecular complexity index is 578. The van der Waals surface area contributed by atoms with Crippen LogP contribution in [0.15, 0.2) is 48.5 Å². The van der Waals surface area contributed by atoms with Crippen molar-refractivity contribution in [2.45, 2.75) is 13.3 Å². The summed E-state index contributed by atoms with van der Waals surface area (Å²) >= 11 is 0. The Kier molecular flexibility index (Phi) is 4.60. The maximum Gasteiger partial charge on any atom is 0.307 e. The van der Waals surface area contributed by atoms with Crippen LogP contribution in [-0.4, -0.2) is 17.7 Å². The second-order valence-corrected chi connectivity index (χ2v) is 4.19. The summed E-state index contributed by atoms with van der Waals surface area (Å²) in [5, 5.41) is 8.94. The molecular formula is C16H16O4. The normalized spacial score (nSPS) is 10.1. The molecule has 4 nitrogen and oxygen atoms in total. The minimum absolute atomic E-state index is 0.0959. The molecule has 104 valence electrons. The van der Waals surface area contributed by atoms with Gasteiger partial charge < -0.3 is 14.6 Å². The lowest BCUT2D eigenvalue weighted by Crippen LogP contribution is -2.04. The van der Waals surface area contributed by atoms with E-state index in [9.17, 15) is 4.79 Å². The van der Waals surface area contributed by atoms with Crippen molar-refractivity contribution in [3.05, 3.63) is 54.1 Å². The van der Waals surface area contributed by atoms with Gasteiger partial charge in [-0.1, -0.05) is 18.2 Å². The standard InChI is InChI=1S/C16H16O4/c1-2-19-15-9-8-14(10-12(15)11-16(17)18)20-13-6-4-3-5-7-13/h3-10H,2,11H2,1H3,(H,17,18). The van der Waals surface area contributed by atoms with E-state index in [4.69, 9.17) is 14.6 Å². The molecule has 2 aromatic carbocycles. The van der Waals surface area contributed by atoms with Crippen LogP contribution in [0, 0.1) is 0 Å². The molecule has 0 saturated carbocycles. The van der Waals surface area contributed by atoms with Crippen LogP contribution in [0.25, 0.3) is 0 Å². The molecule has 2 rings (SSSR count). The van der Waals surface area contributed by atoms with Crippen molar-refractivity contribution < 1.29 is 19.4 Å². The zero-order chi connectivity index (χ0) is 14.4. The molecule has 4 heteroatoms. The third kappa shape index (κ3) is 3.75. The van der Waals surface area contributed by atoms with Gasteiger partial charge in [-0.15, -0.1) is 0 Å². The number of hydrogen-bond acceptors (Lipinski definition) is 3. The fourth-order valence-corrected chi connectivity index (χ4v) is 1.84. The van der Waals surface area contributed by atoms with Gasteiger partial charge in [0.1, 0.15) is 17.2 Å². The molecule has 0 aliphatic rings. The van der Waals surface area contributed by atoms with Gasteiger partial charge in [-0.3, -0.25) is 4.79 Å². The Labute approximate surface area is 117 Å². The maximum atomic E-state index is 10.9. The lowest BCUT2D eigenvalue weighted by Gasteiger charge is -2.11. The fraction of sp³-hybridized carbons (Fsp3) is 0.188. The van der Waals surface area contributed by atoms with E-state index in [0.29, 0.717) is 29.4 Å². The Morgan fingerprint density at radius 3 is 2.50 bits per heavy atom. The van der Waals surface area contributed by atoms with Crippen LogP contribution < -0.4 is 9.47 Å². The van der Waals surface area contributed by atoms with E-state index in [2.05, 4.69) is 0 Å². The number of hydrogen-bond donors (Lipinski definition) is 1. The van der Waals surface area contributed by atoms with E-state index < -0.39 is 5.97 Å². The van der Waals surface area contributed by atoms with Gasteiger partial charge in [-0.05, 0) is 37.3 Å². The number of aliphatic carboxylic acids is 1. The summed E-state index contributed by atoms with van der Waals surface area (Å²) in [5.41, 5.74) is 0.604. The van der Waals surface area contributed by atoms with Crippen LogP contribution in [0.2, 0.25) is 0 Å². The first-order chi connectivity index (χ1) is 9.69. The highest BCUT2D eigenvalue weighted by atomic mass is 16.5. The molecule has 0 aliphatic carbocycles. The molecular weight excluding hydrogens is 256 g/mol. The molecule has 0 atom stereocenters. The molecule has 0 heterocycles.